The molecule has 31 heavy (non-hydrogen) atoms. The summed E-state index contributed by atoms with van der Waals surface area (Å²) in [5, 5.41) is 3.07. The molecule has 0 bridgehead atoms. The lowest BCUT2D eigenvalue weighted by Crippen LogP contribution is -2.46. The zero-order valence-electron chi connectivity index (χ0n) is 17.1. The van der Waals surface area contributed by atoms with Crippen LogP contribution in [0.2, 0.25) is 5.02 Å². The van der Waals surface area contributed by atoms with Crippen LogP contribution in [0.5, 0.6) is 11.5 Å². The minimum atomic E-state index is -3.56. The summed E-state index contributed by atoms with van der Waals surface area (Å²) in [6, 6.07) is 9.27. The van der Waals surface area contributed by atoms with Crippen LogP contribution in [0.25, 0.3) is 0 Å². The first-order chi connectivity index (χ1) is 14.8. The number of carbonyl (C=O) groups excluding carboxylic acids is 1. The van der Waals surface area contributed by atoms with Crippen LogP contribution in [0.15, 0.2) is 41.3 Å². The highest BCUT2D eigenvalue weighted by Gasteiger charge is 2.27. The SMILES string of the molecule is CN1CCN(S(=O)(=O)c2ccc(NC(=O)c3cc(Cl)c4c(c3)OCCCO4)cc2)CC1. The molecule has 2 heterocycles. The molecular formula is C21H24ClN3O5S. The molecule has 0 radical (unpaired) electrons. The van der Waals surface area contributed by atoms with Gasteiger partial charge in [0.25, 0.3) is 5.91 Å². The molecule has 1 saturated heterocycles. The number of likely N-dealkylation sites (N-methyl/N-ethyl adjacent to an activating group) is 1. The van der Waals surface area contributed by atoms with Crippen molar-refractivity contribution < 1.29 is 22.7 Å². The van der Waals surface area contributed by atoms with Crippen LogP contribution in [0.1, 0.15) is 16.8 Å². The number of benzene rings is 2. The van der Waals surface area contributed by atoms with Crippen LogP contribution >= 0.6 is 11.6 Å². The van der Waals surface area contributed by atoms with Gasteiger partial charge >= 0.3 is 0 Å². The normalized spacial score (nSPS) is 17.7. The molecule has 4 rings (SSSR count). The monoisotopic (exact) mass is 465 g/mol. The van der Waals surface area contributed by atoms with Crippen molar-refractivity contribution in [3.8, 4) is 11.5 Å². The van der Waals surface area contributed by atoms with E-state index in [4.69, 9.17) is 21.1 Å². The first kappa shape index (κ1) is 21.9. The second kappa shape index (κ2) is 9.04. The lowest BCUT2D eigenvalue weighted by Gasteiger charge is -2.31. The summed E-state index contributed by atoms with van der Waals surface area (Å²) in [6.45, 7) is 3.31. The van der Waals surface area contributed by atoms with Crippen molar-refractivity contribution >= 4 is 33.2 Å². The number of hydrogen-bond acceptors (Lipinski definition) is 6. The number of halogens is 1. The fourth-order valence-electron chi connectivity index (χ4n) is 3.45. The van der Waals surface area contributed by atoms with Crippen LogP contribution in [0.4, 0.5) is 5.69 Å². The molecule has 166 valence electrons. The first-order valence-electron chi connectivity index (χ1n) is 10.0. The second-order valence-corrected chi connectivity index (χ2v) is 9.87. The fraction of sp³-hybridized carbons (Fsp3) is 0.381. The number of sulfonamides is 1. The summed E-state index contributed by atoms with van der Waals surface area (Å²) in [7, 11) is -1.59. The summed E-state index contributed by atoms with van der Waals surface area (Å²) in [5.74, 6) is 0.491. The topological polar surface area (TPSA) is 88.2 Å². The number of nitrogens with one attached hydrogen (secondary N) is 1. The van der Waals surface area contributed by atoms with Gasteiger partial charge in [0.2, 0.25) is 10.0 Å². The average Bonchev–Trinajstić information content (AvgIpc) is 3.00. The quantitative estimate of drug-likeness (QED) is 0.747. The number of fused-ring (bicyclic) bond motifs is 1. The minimum absolute atomic E-state index is 0.202. The van der Waals surface area contributed by atoms with E-state index in [9.17, 15) is 13.2 Å². The molecule has 1 fully saturated rings. The van der Waals surface area contributed by atoms with E-state index in [0.717, 1.165) is 6.42 Å². The smallest absolute Gasteiger partial charge is 0.255 e. The van der Waals surface area contributed by atoms with Gasteiger partial charge in [-0.3, -0.25) is 4.79 Å². The van der Waals surface area contributed by atoms with E-state index in [2.05, 4.69) is 10.2 Å². The molecular weight excluding hydrogens is 442 g/mol. The third-order valence-corrected chi connectivity index (χ3v) is 7.47. The Balaban J connectivity index is 1.47. The maximum atomic E-state index is 12.8. The van der Waals surface area contributed by atoms with E-state index in [1.54, 1.807) is 18.2 Å². The molecule has 2 aliphatic rings. The molecule has 8 nitrogen and oxygen atoms in total. The predicted octanol–water partition coefficient (Wildman–Crippen LogP) is 2.69. The number of hydrogen-bond donors (Lipinski definition) is 1. The van der Waals surface area contributed by atoms with Crippen LogP contribution in [0, 0.1) is 0 Å². The Labute approximate surface area is 186 Å². The van der Waals surface area contributed by atoms with Crippen LogP contribution in [-0.2, 0) is 10.0 Å². The third kappa shape index (κ3) is 4.79. The molecule has 0 aromatic heterocycles. The zero-order chi connectivity index (χ0) is 22.0. The number of rotatable bonds is 4. The molecule has 0 unspecified atom stereocenters. The molecule has 2 aromatic carbocycles. The first-order valence-corrected chi connectivity index (χ1v) is 11.9. The summed E-state index contributed by atoms with van der Waals surface area (Å²) >= 11 is 6.26. The lowest BCUT2D eigenvalue weighted by atomic mass is 10.1. The van der Waals surface area contributed by atoms with Gasteiger partial charge in [-0.25, -0.2) is 8.42 Å². The molecule has 0 atom stereocenters. The van der Waals surface area contributed by atoms with Crippen molar-refractivity contribution in [2.75, 3.05) is 51.8 Å². The van der Waals surface area contributed by atoms with Crippen molar-refractivity contribution in [1.29, 1.82) is 0 Å². The number of ether oxygens (including phenoxy) is 2. The maximum absolute atomic E-state index is 12.8. The second-order valence-electron chi connectivity index (χ2n) is 7.52. The molecule has 10 heteroatoms. The standard InChI is InChI=1S/C21H24ClN3O5S/c1-24-7-9-25(10-8-24)31(27,28)17-5-3-16(4-6-17)23-21(26)15-13-18(22)20-19(14-15)29-11-2-12-30-20/h3-6,13-14H,2,7-12H2,1H3,(H,23,26). The van der Waals surface area contributed by atoms with Gasteiger partial charge in [-0.2, -0.15) is 4.31 Å². The van der Waals surface area contributed by atoms with Gasteiger partial charge in [0.15, 0.2) is 11.5 Å². The summed E-state index contributed by atoms with van der Waals surface area (Å²) in [4.78, 5) is 15.0. The van der Waals surface area contributed by atoms with Gasteiger partial charge in [0.1, 0.15) is 0 Å². The van der Waals surface area contributed by atoms with E-state index < -0.39 is 10.0 Å². The molecule has 1 amide bonds. The zero-order valence-corrected chi connectivity index (χ0v) is 18.7. The van der Waals surface area contributed by atoms with Gasteiger partial charge in [0.05, 0.1) is 23.1 Å². The van der Waals surface area contributed by atoms with Gasteiger partial charge in [-0.15, -0.1) is 0 Å². The highest BCUT2D eigenvalue weighted by molar-refractivity contribution is 7.89. The van der Waals surface area contributed by atoms with Crippen LogP contribution in [-0.4, -0.2) is 70.0 Å². The number of amides is 1. The van der Waals surface area contributed by atoms with E-state index in [0.29, 0.717) is 67.2 Å². The lowest BCUT2D eigenvalue weighted by molar-refractivity contribution is 0.102. The summed E-state index contributed by atoms with van der Waals surface area (Å²) in [6.07, 6.45) is 0.732. The number of piperazine rings is 1. The molecule has 0 spiro atoms. The number of nitrogens with zero attached hydrogens (tertiary/aromatic N) is 2. The van der Waals surface area contributed by atoms with Gasteiger partial charge in [-0.1, -0.05) is 11.6 Å². The van der Waals surface area contributed by atoms with Crippen molar-refractivity contribution in [1.82, 2.24) is 9.21 Å². The van der Waals surface area contributed by atoms with Crippen molar-refractivity contribution in [3.63, 3.8) is 0 Å². The van der Waals surface area contributed by atoms with Crippen molar-refractivity contribution in [2.45, 2.75) is 11.3 Å². The minimum Gasteiger partial charge on any atom is -0.489 e. The van der Waals surface area contributed by atoms with Crippen LogP contribution in [0.3, 0.4) is 0 Å². The number of carbonyl (C=O) groups is 1. The maximum Gasteiger partial charge on any atom is 0.255 e. The fourth-order valence-corrected chi connectivity index (χ4v) is 5.14. The Morgan fingerprint density at radius 1 is 1.03 bits per heavy atom. The van der Waals surface area contributed by atoms with Crippen LogP contribution < -0.4 is 14.8 Å². The highest BCUT2D eigenvalue weighted by Crippen LogP contribution is 2.38. The van der Waals surface area contributed by atoms with Gasteiger partial charge in [0, 0.05) is 43.9 Å². The van der Waals surface area contributed by atoms with E-state index >= 15 is 0 Å². The average molecular weight is 466 g/mol. The van der Waals surface area contributed by atoms with Gasteiger partial charge < -0.3 is 19.7 Å². The Morgan fingerprint density at radius 2 is 1.71 bits per heavy atom. The Kier molecular flexibility index (Phi) is 6.38. The Morgan fingerprint density at radius 3 is 2.42 bits per heavy atom. The Bertz CT molecular complexity index is 1070. The largest absolute Gasteiger partial charge is 0.489 e. The summed E-state index contributed by atoms with van der Waals surface area (Å²) < 4.78 is 38.4. The van der Waals surface area contributed by atoms with E-state index in [-0.39, 0.29) is 10.8 Å². The Hall–Kier alpha value is -2.33. The third-order valence-electron chi connectivity index (χ3n) is 5.28. The number of anilines is 1. The molecule has 2 aliphatic heterocycles. The highest BCUT2D eigenvalue weighted by atomic mass is 35.5. The summed E-state index contributed by atoms with van der Waals surface area (Å²) in [5.41, 5.74) is 0.800. The van der Waals surface area contributed by atoms with Crippen molar-refractivity contribution in [2.24, 2.45) is 0 Å². The molecule has 0 aliphatic carbocycles. The molecule has 2 aromatic rings. The predicted molar refractivity (Wildman–Crippen MR) is 118 cm³/mol. The van der Waals surface area contributed by atoms with Gasteiger partial charge in [-0.05, 0) is 43.4 Å². The van der Waals surface area contributed by atoms with E-state index in [1.807, 2.05) is 7.05 Å². The van der Waals surface area contributed by atoms with Crippen molar-refractivity contribution in [3.05, 3.63) is 47.0 Å². The van der Waals surface area contributed by atoms with E-state index in [1.165, 1.54) is 22.5 Å². The molecule has 0 saturated carbocycles. The molecule has 1 N–H and O–H groups in total.